The Morgan fingerprint density at radius 1 is 1.10 bits per heavy atom. The first-order valence-corrected chi connectivity index (χ1v) is 8.55. The number of hydrogen-bond acceptors (Lipinski definition) is 3. The van der Waals surface area contributed by atoms with Gasteiger partial charge in [-0.15, -0.1) is 0 Å². The Kier molecular flexibility index (Phi) is 3.52. The van der Waals surface area contributed by atoms with Crippen LogP contribution in [0.25, 0.3) is 0 Å². The number of benzene rings is 1. The van der Waals surface area contributed by atoms with E-state index in [1.807, 2.05) is 0 Å². The van der Waals surface area contributed by atoms with E-state index >= 15 is 0 Å². The molecule has 0 spiro atoms. The molecule has 2 aliphatic carbocycles. The molecule has 21 heavy (non-hydrogen) atoms. The van der Waals surface area contributed by atoms with Crippen molar-refractivity contribution in [2.24, 2.45) is 23.6 Å². The number of hydrogen-bond donors (Lipinski definition) is 3. The summed E-state index contributed by atoms with van der Waals surface area (Å²) in [5, 5.41) is 3.97. The number of rotatable bonds is 3. The summed E-state index contributed by atoms with van der Waals surface area (Å²) in [7, 11) is 0. The molecule has 0 aromatic heterocycles. The molecule has 2 saturated carbocycles. The molecular weight excluding hydrogens is 258 g/mol. The average molecular weight is 285 g/mol. The quantitative estimate of drug-likeness (QED) is 0.591. The fourth-order valence-electron chi connectivity index (χ4n) is 4.98. The maximum atomic E-state index is 5.84. The van der Waals surface area contributed by atoms with Gasteiger partial charge in [-0.1, -0.05) is 24.3 Å². The molecule has 1 aromatic carbocycles. The van der Waals surface area contributed by atoms with Gasteiger partial charge >= 0.3 is 0 Å². The average Bonchev–Trinajstić information content (AvgIpc) is 3.18. The zero-order chi connectivity index (χ0) is 14.4. The van der Waals surface area contributed by atoms with E-state index in [0.717, 1.165) is 17.8 Å². The topological polar surface area (TPSA) is 50.1 Å². The van der Waals surface area contributed by atoms with Crippen molar-refractivity contribution < 1.29 is 0 Å². The molecule has 114 valence electrons. The van der Waals surface area contributed by atoms with Crippen molar-refractivity contribution in [1.29, 1.82) is 0 Å². The van der Waals surface area contributed by atoms with Gasteiger partial charge < -0.3 is 5.32 Å². The van der Waals surface area contributed by atoms with Crippen LogP contribution in [0, 0.1) is 24.7 Å². The molecule has 1 aliphatic heterocycles. The van der Waals surface area contributed by atoms with Crippen LogP contribution in [0.1, 0.15) is 49.3 Å². The fraction of sp³-hybridized carbons (Fsp3) is 0.667. The Hall–Kier alpha value is -0.900. The second-order valence-electron chi connectivity index (χ2n) is 7.35. The van der Waals surface area contributed by atoms with Gasteiger partial charge in [-0.2, -0.15) is 0 Å². The molecule has 0 amide bonds. The number of hydrazine groups is 1. The first-order valence-electron chi connectivity index (χ1n) is 8.55. The van der Waals surface area contributed by atoms with Crippen molar-refractivity contribution in [2.45, 2.75) is 57.2 Å². The third-order valence-corrected chi connectivity index (χ3v) is 6.23. The highest BCUT2D eigenvalue weighted by Crippen LogP contribution is 2.57. The number of nitrogens with one attached hydrogen (secondary N) is 2. The molecule has 4 rings (SSSR count). The van der Waals surface area contributed by atoms with E-state index in [2.05, 4.69) is 41.9 Å². The largest absolute Gasteiger partial charge is 0.305 e. The summed E-state index contributed by atoms with van der Waals surface area (Å²) in [5.74, 6) is 8.70. The van der Waals surface area contributed by atoms with Crippen LogP contribution in [0.15, 0.2) is 24.3 Å². The van der Waals surface area contributed by atoms with Gasteiger partial charge in [-0.05, 0) is 67.9 Å². The molecule has 6 atom stereocenters. The minimum atomic E-state index is 0.439. The van der Waals surface area contributed by atoms with E-state index in [4.69, 9.17) is 5.84 Å². The Morgan fingerprint density at radius 3 is 2.62 bits per heavy atom. The third-order valence-electron chi connectivity index (χ3n) is 6.23. The van der Waals surface area contributed by atoms with Gasteiger partial charge in [0.2, 0.25) is 0 Å². The third kappa shape index (κ3) is 2.41. The van der Waals surface area contributed by atoms with Crippen LogP contribution in [0.5, 0.6) is 0 Å². The highest BCUT2D eigenvalue weighted by Gasteiger charge is 2.52. The lowest BCUT2D eigenvalue weighted by Crippen LogP contribution is -2.58. The number of piperidine rings is 1. The van der Waals surface area contributed by atoms with Crippen molar-refractivity contribution in [3.63, 3.8) is 0 Å². The lowest BCUT2D eigenvalue weighted by atomic mass is 9.81. The summed E-state index contributed by atoms with van der Waals surface area (Å²) in [5.41, 5.74) is 5.98. The summed E-state index contributed by atoms with van der Waals surface area (Å²) < 4.78 is 0. The predicted octanol–water partition coefficient (Wildman–Crippen LogP) is 2.67. The predicted molar refractivity (Wildman–Crippen MR) is 85.5 cm³/mol. The molecule has 4 N–H and O–H groups in total. The maximum absolute atomic E-state index is 5.84. The van der Waals surface area contributed by atoms with E-state index in [1.165, 1.54) is 43.2 Å². The molecule has 1 saturated heterocycles. The van der Waals surface area contributed by atoms with E-state index in [0.29, 0.717) is 18.1 Å². The molecule has 3 nitrogen and oxygen atoms in total. The monoisotopic (exact) mass is 285 g/mol. The normalized spacial score (nSPS) is 41.8. The molecule has 1 aromatic rings. The second-order valence-corrected chi connectivity index (χ2v) is 7.35. The number of aryl methyl sites for hydroxylation is 1. The number of fused-ring (bicyclic) bond motifs is 1. The van der Waals surface area contributed by atoms with E-state index in [1.54, 1.807) is 0 Å². The van der Waals surface area contributed by atoms with Crippen molar-refractivity contribution >= 4 is 0 Å². The van der Waals surface area contributed by atoms with Crippen molar-refractivity contribution in [3.05, 3.63) is 35.4 Å². The zero-order valence-electron chi connectivity index (χ0n) is 12.9. The van der Waals surface area contributed by atoms with Crippen molar-refractivity contribution in [2.75, 3.05) is 0 Å². The van der Waals surface area contributed by atoms with E-state index in [9.17, 15) is 0 Å². The molecule has 1 heterocycles. The summed E-state index contributed by atoms with van der Waals surface area (Å²) in [6.45, 7) is 2.23. The Bertz CT molecular complexity index is 515. The van der Waals surface area contributed by atoms with Crippen LogP contribution >= 0.6 is 0 Å². The fourth-order valence-corrected chi connectivity index (χ4v) is 4.98. The highest BCUT2D eigenvalue weighted by molar-refractivity contribution is 5.29. The molecule has 0 bridgehead atoms. The second kappa shape index (κ2) is 5.38. The summed E-state index contributed by atoms with van der Waals surface area (Å²) in [6.07, 6.45) is 6.67. The minimum absolute atomic E-state index is 0.439. The summed E-state index contributed by atoms with van der Waals surface area (Å²) >= 11 is 0. The molecule has 3 aliphatic rings. The van der Waals surface area contributed by atoms with Crippen LogP contribution in [-0.4, -0.2) is 12.1 Å². The van der Waals surface area contributed by atoms with E-state index < -0.39 is 0 Å². The van der Waals surface area contributed by atoms with Crippen molar-refractivity contribution in [3.8, 4) is 0 Å². The molecular formula is C18H27N3. The zero-order valence-corrected chi connectivity index (χ0v) is 12.9. The van der Waals surface area contributed by atoms with Gasteiger partial charge in [0.15, 0.2) is 0 Å². The minimum Gasteiger partial charge on any atom is -0.305 e. The Labute approximate surface area is 127 Å². The maximum Gasteiger partial charge on any atom is 0.0367 e. The first-order chi connectivity index (χ1) is 10.3. The van der Waals surface area contributed by atoms with Gasteiger partial charge in [0.25, 0.3) is 0 Å². The standard InChI is InChI=1S/C18H27N3/c1-11-4-2-3-5-13(11)16-8-9-17(21-19)18(20-16)14-7-6-12-10-15(12)14/h2-5,12,14-18,20-21H,6-10,19H2,1H3/t12?,14?,15?,16?,17?,18-/m1/s1. The highest BCUT2D eigenvalue weighted by atomic mass is 15.3. The first kappa shape index (κ1) is 13.7. The Balaban J connectivity index is 1.55. The van der Waals surface area contributed by atoms with Crippen LogP contribution < -0.4 is 16.6 Å². The van der Waals surface area contributed by atoms with Gasteiger partial charge in [0.05, 0.1) is 0 Å². The summed E-state index contributed by atoms with van der Waals surface area (Å²) in [4.78, 5) is 0. The Morgan fingerprint density at radius 2 is 1.95 bits per heavy atom. The molecule has 5 unspecified atom stereocenters. The number of nitrogens with two attached hydrogens (primary N) is 1. The van der Waals surface area contributed by atoms with Crippen LogP contribution in [-0.2, 0) is 0 Å². The van der Waals surface area contributed by atoms with Crippen LogP contribution in [0.4, 0.5) is 0 Å². The van der Waals surface area contributed by atoms with Gasteiger partial charge in [0, 0.05) is 18.1 Å². The van der Waals surface area contributed by atoms with Crippen LogP contribution in [0.3, 0.4) is 0 Å². The smallest absolute Gasteiger partial charge is 0.0367 e. The molecule has 3 heteroatoms. The lowest BCUT2D eigenvalue weighted by molar-refractivity contribution is 0.182. The lowest BCUT2D eigenvalue weighted by Gasteiger charge is -2.41. The summed E-state index contributed by atoms with van der Waals surface area (Å²) in [6, 6.07) is 10.3. The SMILES string of the molecule is Cc1ccccc1C1CCC(NN)[C@@H](C2CCC3CC32)N1. The van der Waals surface area contributed by atoms with Crippen molar-refractivity contribution in [1.82, 2.24) is 10.7 Å². The van der Waals surface area contributed by atoms with E-state index in [-0.39, 0.29) is 0 Å². The van der Waals surface area contributed by atoms with Gasteiger partial charge in [0.1, 0.15) is 0 Å². The van der Waals surface area contributed by atoms with Gasteiger partial charge in [-0.25, -0.2) is 0 Å². The molecule has 0 radical (unpaired) electrons. The van der Waals surface area contributed by atoms with Crippen LogP contribution in [0.2, 0.25) is 0 Å². The van der Waals surface area contributed by atoms with Gasteiger partial charge in [-0.3, -0.25) is 11.3 Å². The molecule has 3 fully saturated rings.